The molecule has 4 nitrogen and oxygen atoms in total. The first-order valence-corrected chi connectivity index (χ1v) is 5.19. The van der Waals surface area contributed by atoms with Gasteiger partial charge < -0.3 is 14.8 Å². The van der Waals surface area contributed by atoms with E-state index in [1.165, 1.54) is 12.1 Å². The highest BCUT2D eigenvalue weighted by molar-refractivity contribution is 6.32. The van der Waals surface area contributed by atoms with Crippen molar-refractivity contribution in [3.8, 4) is 11.5 Å². The molecule has 8 heteroatoms. The summed E-state index contributed by atoms with van der Waals surface area (Å²) < 4.78 is 45.9. The van der Waals surface area contributed by atoms with Crippen LogP contribution in [0.3, 0.4) is 0 Å². The standard InChI is InChI=1S/C10H7ClF3NO3/c11-6-1-5(2-7-8(6)18-4-17-7)9(16)15-3-10(12,13)14/h1-2H,3-4H2,(H,15,16). The molecule has 0 bridgehead atoms. The van der Waals surface area contributed by atoms with Crippen LogP contribution in [0.1, 0.15) is 10.4 Å². The van der Waals surface area contributed by atoms with Crippen molar-refractivity contribution in [3.63, 3.8) is 0 Å². The van der Waals surface area contributed by atoms with Gasteiger partial charge >= 0.3 is 6.18 Å². The van der Waals surface area contributed by atoms with Gasteiger partial charge in [0.15, 0.2) is 11.5 Å². The molecule has 1 aromatic rings. The molecule has 1 amide bonds. The van der Waals surface area contributed by atoms with E-state index in [1.807, 2.05) is 0 Å². The summed E-state index contributed by atoms with van der Waals surface area (Å²) in [6, 6.07) is 2.50. The Morgan fingerprint density at radius 3 is 2.78 bits per heavy atom. The third kappa shape index (κ3) is 2.79. The molecule has 0 unspecified atom stereocenters. The van der Waals surface area contributed by atoms with Crippen molar-refractivity contribution < 1.29 is 27.4 Å². The summed E-state index contributed by atoms with van der Waals surface area (Å²) in [5.41, 5.74) is -0.0199. The van der Waals surface area contributed by atoms with E-state index < -0.39 is 18.6 Å². The number of amides is 1. The second kappa shape index (κ2) is 4.56. The minimum absolute atomic E-state index is 0.0199. The molecule has 1 aliphatic heterocycles. The lowest BCUT2D eigenvalue weighted by atomic mass is 10.2. The highest BCUT2D eigenvalue weighted by Crippen LogP contribution is 2.39. The zero-order valence-corrected chi connectivity index (χ0v) is 9.56. The van der Waals surface area contributed by atoms with E-state index in [1.54, 1.807) is 5.32 Å². The summed E-state index contributed by atoms with van der Waals surface area (Å²) in [5, 5.41) is 1.85. The van der Waals surface area contributed by atoms with Crippen LogP contribution >= 0.6 is 11.6 Å². The maximum Gasteiger partial charge on any atom is 0.405 e. The molecule has 0 aromatic heterocycles. The summed E-state index contributed by atoms with van der Waals surface area (Å²) in [7, 11) is 0. The number of carbonyl (C=O) groups excluding carboxylic acids is 1. The lowest BCUT2D eigenvalue weighted by Crippen LogP contribution is -2.33. The van der Waals surface area contributed by atoms with E-state index in [9.17, 15) is 18.0 Å². The number of carbonyl (C=O) groups is 1. The number of alkyl halides is 3. The topological polar surface area (TPSA) is 47.6 Å². The lowest BCUT2D eigenvalue weighted by Gasteiger charge is -2.09. The van der Waals surface area contributed by atoms with Crippen LogP contribution < -0.4 is 14.8 Å². The van der Waals surface area contributed by atoms with Crippen molar-refractivity contribution in [2.45, 2.75) is 6.18 Å². The molecule has 0 radical (unpaired) electrons. The lowest BCUT2D eigenvalue weighted by molar-refractivity contribution is -0.123. The third-order valence-corrected chi connectivity index (χ3v) is 2.42. The fourth-order valence-corrected chi connectivity index (χ4v) is 1.65. The fourth-order valence-electron chi connectivity index (χ4n) is 1.38. The summed E-state index contributed by atoms with van der Waals surface area (Å²) in [6.45, 7) is -1.44. The van der Waals surface area contributed by atoms with Crippen molar-refractivity contribution in [2.75, 3.05) is 13.3 Å². The predicted octanol–water partition coefficient (Wildman–Crippen LogP) is 2.36. The predicted molar refractivity (Wildman–Crippen MR) is 56.0 cm³/mol. The van der Waals surface area contributed by atoms with Crippen LogP contribution in [-0.2, 0) is 0 Å². The second-order valence-corrected chi connectivity index (χ2v) is 3.90. The zero-order valence-electron chi connectivity index (χ0n) is 8.81. The number of hydrogen-bond acceptors (Lipinski definition) is 3. The quantitative estimate of drug-likeness (QED) is 0.905. The van der Waals surface area contributed by atoms with Crippen molar-refractivity contribution >= 4 is 17.5 Å². The first-order chi connectivity index (χ1) is 8.37. The number of nitrogens with one attached hydrogen (secondary N) is 1. The Labute approximate surface area is 105 Å². The van der Waals surface area contributed by atoms with Gasteiger partial charge in [-0.3, -0.25) is 4.79 Å². The van der Waals surface area contributed by atoms with E-state index >= 15 is 0 Å². The Morgan fingerprint density at radius 2 is 2.11 bits per heavy atom. The molecule has 18 heavy (non-hydrogen) atoms. The Kier molecular flexibility index (Phi) is 3.25. The molecular formula is C10H7ClF3NO3. The van der Waals surface area contributed by atoms with E-state index in [2.05, 4.69) is 0 Å². The molecule has 0 spiro atoms. The van der Waals surface area contributed by atoms with Crippen LogP contribution in [0, 0.1) is 0 Å². The van der Waals surface area contributed by atoms with E-state index in [4.69, 9.17) is 21.1 Å². The van der Waals surface area contributed by atoms with Gasteiger partial charge in [-0.25, -0.2) is 0 Å². The monoisotopic (exact) mass is 281 g/mol. The van der Waals surface area contributed by atoms with Gasteiger partial charge in [0.05, 0.1) is 5.02 Å². The Morgan fingerprint density at radius 1 is 1.39 bits per heavy atom. The molecule has 0 fully saturated rings. The smallest absolute Gasteiger partial charge is 0.405 e. The van der Waals surface area contributed by atoms with Crippen LogP contribution in [0.4, 0.5) is 13.2 Å². The minimum atomic E-state index is -4.46. The fraction of sp³-hybridized carbons (Fsp3) is 0.300. The van der Waals surface area contributed by atoms with Crippen LogP contribution in [0.25, 0.3) is 0 Å². The summed E-state index contributed by atoms with van der Waals surface area (Å²) in [6.07, 6.45) is -4.46. The number of benzene rings is 1. The van der Waals surface area contributed by atoms with Gasteiger partial charge in [0.1, 0.15) is 6.54 Å². The number of halogens is 4. The van der Waals surface area contributed by atoms with Gasteiger partial charge in [-0.15, -0.1) is 0 Å². The van der Waals surface area contributed by atoms with Crippen molar-refractivity contribution in [3.05, 3.63) is 22.7 Å². The first-order valence-electron chi connectivity index (χ1n) is 4.81. The Balaban J connectivity index is 2.14. The van der Waals surface area contributed by atoms with Crippen LogP contribution in [-0.4, -0.2) is 25.4 Å². The van der Waals surface area contributed by atoms with E-state index in [0.717, 1.165) is 0 Å². The Hall–Kier alpha value is -1.63. The van der Waals surface area contributed by atoms with E-state index in [0.29, 0.717) is 0 Å². The van der Waals surface area contributed by atoms with Gasteiger partial charge in [-0.05, 0) is 12.1 Å². The summed E-state index contributed by atoms with van der Waals surface area (Å²) in [4.78, 5) is 11.5. The molecule has 98 valence electrons. The minimum Gasteiger partial charge on any atom is -0.454 e. The summed E-state index contributed by atoms with van der Waals surface area (Å²) in [5.74, 6) is -0.365. The van der Waals surface area contributed by atoms with Crippen LogP contribution in [0.15, 0.2) is 12.1 Å². The maximum atomic E-state index is 11.9. The molecule has 1 aromatic carbocycles. The normalized spacial score (nSPS) is 13.6. The highest BCUT2D eigenvalue weighted by Gasteiger charge is 2.28. The summed E-state index contributed by atoms with van der Waals surface area (Å²) >= 11 is 5.80. The first kappa shape index (κ1) is 12.8. The number of fused-ring (bicyclic) bond motifs is 1. The zero-order chi connectivity index (χ0) is 13.3. The van der Waals surface area contributed by atoms with Crippen molar-refractivity contribution in [2.24, 2.45) is 0 Å². The molecule has 0 saturated carbocycles. The average molecular weight is 282 g/mol. The molecule has 1 N–H and O–H groups in total. The molecule has 0 aliphatic carbocycles. The maximum absolute atomic E-state index is 11.9. The molecule has 0 atom stereocenters. The van der Waals surface area contributed by atoms with Crippen molar-refractivity contribution in [1.82, 2.24) is 5.32 Å². The van der Waals surface area contributed by atoms with Gasteiger partial charge in [-0.1, -0.05) is 11.6 Å². The molecular weight excluding hydrogens is 275 g/mol. The van der Waals surface area contributed by atoms with Gasteiger partial charge in [-0.2, -0.15) is 13.2 Å². The SMILES string of the molecule is O=C(NCC(F)(F)F)c1cc(Cl)c2c(c1)OCO2. The van der Waals surface area contributed by atoms with Crippen LogP contribution in [0.2, 0.25) is 5.02 Å². The van der Waals surface area contributed by atoms with E-state index in [-0.39, 0.29) is 28.9 Å². The largest absolute Gasteiger partial charge is 0.454 e. The molecule has 0 saturated heterocycles. The number of ether oxygens (including phenoxy) is 2. The molecule has 2 rings (SSSR count). The number of rotatable bonds is 2. The highest BCUT2D eigenvalue weighted by atomic mass is 35.5. The average Bonchev–Trinajstić information content (AvgIpc) is 2.73. The van der Waals surface area contributed by atoms with Gasteiger partial charge in [0, 0.05) is 5.56 Å². The van der Waals surface area contributed by atoms with Crippen molar-refractivity contribution in [1.29, 1.82) is 0 Å². The van der Waals surface area contributed by atoms with Crippen LogP contribution in [0.5, 0.6) is 11.5 Å². The van der Waals surface area contributed by atoms with Gasteiger partial charge in [0.25, 0.3) is 5.91 Å². The second-order valence-electron chi connectivity index (χ2n) is 3.49. The molecule has 1 aliphatic rings. The third-order valence-electron chi connectivity index (χ3n) is 2.14. The van der Waals surface area contributed by atoms with Gasteiger partial charge in [0.2, 0.25) is 6.79 Å². The Bertz CT molecular complexity index is 490. The molecule has 1 heterocycles. The number of hydrogen-bond donors (Lipinski definition) is 1.